The molecule has 3 rings (SSSR count). The Morgan fingerprint density at radius 1 is 1.20 bits per heavy atom. The lowest BCUT2D eigenvalue weighted by atomic mass is 9.91. The van der Waals surface area contributed by atoms with Crippen LogP contribution in [0.25, 0.3) is 10.1 Å². The summed E-state index contributed by atoms with van der Waals surface area (Å²) >= 11 is 1.68. The molecule has 1 aromatic heterocycles. The highest BCUT2D eigenvalue weighted by Crippen LogP contribution is 2.27. The Bertz CT molecular complexity index is 681. The molecule has 2 aromatic rings. The van der Waals surface area contributed by atoms with E-state index in [1.165, 1.54) is 6.42 Å². The molecule has 1 aliphatic rings. The Morgan fingerprint density at radius 2 is 1.90 bits per heavy atom. The lowest BCUT2D eigenvalue weighted by molar-refractivity contribution is 0.356. The largest absolute Gasteiger partial charge is 0.367 e. The third-order valence-electron chi connectivity index (χ3n) is 4.12. The molecule has 0 bridgehead atoms. The lowest BCUT2D eigenvalue weighted by Crippen LogP contribution is -2.40. The molecule has 0 saturated carbocycles. The first-order valence-corrected chi connectivity index (χ1v) is 8.19. The molecular formula is C17H21NOS. The Hall–Kier alpha value is -1.35. The Balaban J connectivity index is 2.08. The second kappa shape index (κ2) is 5.21. The molecule has 106 valence electrons. The highest BCUT2D eigenvalue weighted by Gasteiger charge is 2.24. The summed E-state index contributed by atoms with van der Waals surface area (Å²) in [5.41, 5.74) is 2.24. The molecule has 2 atom stereocenters. The summed E-state index contributed by atoms with van der Waals surface area (Å²) in [6, 6.07) is 6.15. The van der Waals surface area contributed by atoms with Crippen molar-refractivity contribution in [3.63, 3.8) is 0 Å². The van der Waals surface area contributed by atoms with Gasteiger partial charge in [0.05, 0.1) is 5.69 Å². The molecule has 0 radical (unpaired) electrons. The van der Waals surface area contributed by atoms with Gasteiger partial charge in [0.2, 0.25) is 5.43 Å². The predicted octanol–water partition coefficient (Wildman–Crippen LogP) is 4.05. The van der Waals surface area contributed by atoms with Gasteiger partial charge in [-0.2, -0.15) is 0 Å². The minimum atomic E-state index is 0.198. The average molecular weight is 287 g/mol. The maximum atomic E-state index is 12.8. The third-order valence-corrected chi connectivity index (χ3v) is 5.07. The van der Waals surface area contributed by atoms with Gasteiger partial charge in [-0.05, 0) is 37.3 Å². The van der Waals surface area contributed by atoms with Crippen molar-refractivity contribution < 1.29 is 0 Å². The van der Waals surface area contributed by atoms with Crippen LogP contribution in [-0.4, -0.2) is 13.1 Å². The van der Waals surface area contributed by atoms with E-state index in [0.29, 0.717) is 11.8 Å². The van der Waals surface area contributed by atoms with Gasteiger partial charge in [-0.25, -0.2) is 0 Å². The molecule has 1 aromatic carbocycles. The number of rotatable bonds is 1. The standard InChI is InChI=1S/C17H21NOS/c1-11-4-5-16-14(7-11)17(19)15(10-20-16)18-8-12(2)6-13(3)9-18/h4-5,7,10,12-13H,6,8-9H2,1-3H3/t12-,13+. The van der Waals surface area contributed by atoms with Crippen molar-refractivity contribution in [3.8, 4) is 0 Å². The number of benzene rings is 1. The van der Waals surface area contributed by atoms with Gasteiger partial charge in [0.25, 0.3) is 0 Å². The van der Waals surface area contributed by atoms with Gasteiger partial charge in [0.15, 0.2) is 0 Å². The molecule has 0 N–H and O–H groups in total. The van der Waals surface area contributed by atoms with Crippen LogP contribution in [-0.2, 0) is 0 Å². The molecule has 2 nitrogen and oxygen atoms in total. The number of piperidine rings is 1. The van der Waals surface area contributed by atoms with Gasteiger partial charge in [-0.1, -0.05) is 25.5 Å². The van der Waals surface area contributed by atoms with Crippen LogP contribution in [0.4, 0.5) is 5.69 Å². The van der Waals surface area contributed by atoms with Gasteiger partial charge >= 0.3 is 0 Å². The molecule has 1 saturated heterocycles. The van der Waals surface area contributed by atoms with Crippen LogP contribution in [0.15, 0.2) is 28.4 Å². The molecular weight excluding hydrogens is 266 g/mol. The van der Waals surface area contributed by atoms with Crippen molar-refractivity contribution in [2.75, 3.05) is 18.0 Å². The molecule has 0 aliphatic carbocycles. The fourth-order valence-electron chi connectivity index (χ4n) is 3.31. The first kappa shape index (κ1) is 13.6. The average Bonchev–Trinajstić information content (AvgIpc) is 2.38. The number of hydrogen-bond donors (Lipinski definition) is 0. The summed E-state index contributed by atoms with van der Waals surface area (Å²) in [5.74, 6) is 1.33. The van der Waals surface area contributed by atoms with E-state index in [1.54, 1.807) is 11.3 Å². The first-order valence-electron chi connectivity index (χ1n) is 7.31. The van der Waals surface area contributed by atoms with Crippen molar-refractivity contribution in [2.24, 2.45) is 11.8 Å². The van der Waals surface area contributed by atoms with E-state index in [0.717, 1.165) is 34.4 Å². The minimum Gasteiger partial charge on any atom is -0.367 e. The number of aryl methyl sites for hydroxylation is 1. The fourth-order valence-corrected chi connectivity index (χ4v) is 4.23. The Labute approximate surface area is 124 Å². The van der Waals surface area contributed by atoms with Crippen LogP contribution < -0.4 is 10.3 Å². The molecule has 0 unspecified atom stereocenters. The van der Waals surface area contributed by atoms with Gasteiger partial charge in [-0.3, -0.25) is 4.79 Å². The first-order chi connectivity index (χ1) is 9.54. The Morgan fingerprint density at radius 3 is 2.60 bits per heavy atom. The zero-order chi connectivity index (χ0) is 14.3. The molecule has 0 spiro atoms. The topological polar surface area (TPSA) is 20.3 Å². The number of fused-ring (bicyclic) bond motifs is 1. The van der Waals surface area contributed by atoms with E-state index in [2.05, 4.69) is 30.9 Å². The molecule has 2 heterocycles. The van der Waals surface area contributed by atoms with Crippen molar-refractivity contribution in [1.82, 2.24) is 0 Å². The van der Waals surface area contributed by atoms with Gasteiger partial charge in [0.1, 0.15) is 0 Å². The second-order valence-electron chi connectivity index (χ2n) is 6.30. The highest BCUT2D eigenvalue weighted by atomic mass is 32.1. The SMILES string of the molecule is Cc1ccc2scc(N3C[C@H](C)C[C@H](C)C3)c(=O)c2c1. The van der Waals surface area contributed by atoms with Crippen LogP contribution in [0.5, 0.6) is 0 Å². The lowest BCUT2D eigenvalue weighted by Gasteiger charge is -2.36. The van der Waals surface area contributed by atoms with Crippen molar-refractivity contribution in [1.29, 1.82) is 0 Å². The number of anilines is 1. The maximum Gasteiger partial charge on any atom is 0.211 e. The molecule has 0 amide bonds. The van der Waals surface area contributed by atoms with E-state index in [4.69, 9.17) is 0 Å². The summed E-state index contributed by atoms with van der Waals surface area (Å²) in [6.07, 6.45) is 1.26. The molecule has 3 heteroatoms. The Kier molecular flexibility index (Phi) is 3.55. The normalized spacial score (nSPS) is 23.2. The number of nitrogens with zero attached hydrogens (tertiary/aromatic N) is 1. The molecule has 1 aliphatic heterocycles. The summed E-state index contributed by atoms with van der Waals surface area (Å²) in [5, 5.41) is 2.92. The van der Waals surface area contributed by atoms with Gasteiger partial charge in [-0.15, -0.1) is 11.3 Å². The van der Waals surface area contributed by atoms with E-state index in [9.17, 15) is 4.79 Å². The summed E-state index contributed by atoms with van der Waals surface area (Å²) in [4.78, 5) is 15.0. The zero-order valence-corrected chi connectivity index (χ0v) is 13.2. The van der Waals surface area contributed by atoms with Crippen LogP contribution in [0.2, 0.25) is 0 Å². The van der Waals surface area contributed by atoms with Gasteiger partial charge < -0.3 is 4.90 Å². The summed E-state index contributed by atoms with van der Waals surface area (Å²) in [6.45, 7) is 8.61. The molecule has 20 heavy (non-hydrogen) atoms. The summed E-state index contributed by atoms with van der Waals surface area (Å²) in [7, 11) is 0. The smallest absolute Gasteiger partial charge is 0.211 e. The van der Waals surface area contributed by atoms with Crippen molar-refractivity contribution in [2.45, 2.75) is 27.2 Å². The van der Waals surface area contributed by atoms with Crippen molar-refractivity contribution >= 4 is 27.1 Å². The maximum absolute atomic E-state index is 12.8. The van der Waals surface area contributed by atoms with Gasteiger partial charge in [0, 0.05) is 28.6 Å². The second-order valence-corrected chi connectivity index (χ2v) is 7.21. The van der Waals surface area contributed by atoms with Crippen LogP contribution in [0.3, 0.4) is 0 Å². The van der Waals surface area contributed by atoms with E-state index >= 15 is 0 Å². The monoisotopic (exact) mass is 287 g/mol. The van der Waals surface area contributed by atoms with Crippen molar-refractivity contribution in [3.05, 3.63) is 39.4 Å². The van der Waals surface area contributed by atoms with Crippen LogP contribution in [0, 0.1) is 18.8 Å². The van der Waals surface area contributed by atoms with Crippen LogP contribution in [0.1, 0.15) is 25.8 Å². The summed E-state index contributed by atoms with van der Waals surface area (Å²) < 4.78 is 1.09. The van der Waals surface area contributed by atoms with E-state index in [-0.39, 0.29) is 5.43 Å². The predicted molar refractivity (Wildman–Crippen MR) is 88.0 cm³/mol. The number of hydrogen-bond acceptors (Lipinski definition) is 3. The third kappa shape index (κ3) is 2.47. The van der Waals surface area contributed by atoms with E-state index in [1.807, 2.05) is 18.4 Å². The fraction of sp³-hybridized carbons (Fsp3) is 0.471. The highest BCUT2D eigenvalue weighted by molar-refractivity contribution is 7.16. The zero-order valence-electron chi connectivity index (χ0n) is 12.3. The minimum absolute atomic E-state index is 0.198. The quantitative estimate of drug-likeness (QED) is 0.788. The molecule has 1 fully saturated rings. The van der Waals surface area contributed by atoms with Crippen LogP contribution >= 0.6 is 11.3 Å². The van der Waals surface area contributed by atoms with E-state index < -0.39 is 0 Å².